The van der Waals surface area contributed by atoms with Crippen molar-refractivity contribution < 1.29 is 17.9 Å². The van der Waals surface area contributed by atoms with Crippen LogP contribution in [-0.2, 0) is 14.8 Å². The molecule has 0 amide bonds. The first-order chi connectivity index (χ1) is 15.9. The van der Waals surface area contributed by atoms with Crippen molar-refractivity contribution in [2.24, 2.45) is 0 Å². The molecule has 10 heteroatoms. The molecule has 0 radical (unpaired) electrons. The second kappa shape index (κ2) is 10.7. The van der Waals surface area contributed by atoms with Gasteiger partial charge >= 0.3 is 0 Å². The average molecular weight is 491 g/mol. The maximum absolute atomic E-state index is 12.6. The zero-order chi connectivity index (χ0) is 23.3. The highest BCUT2D eigenvalue weighted by Crippen LogP contribution is 2.23. The summed E-state index contributed by atoms with van der Waals surface area (Å²) in [6, 6.07) is 14.8. The maximum Gasteiger partial charge on any atom is 0.240 e. The van der Waals surface area contributed by atoms with Gasteiger partial charge in [-0.1, -0.05) is 0 Å². The summed E-state index contributed by atoms with van der Waals surface area (Å²) < 4.78 is 38.5. The fourth-order valence-corrected chi connectivity index (χ4v) is 5.67. The molecule has 2 aliphatic rings. The number of rotatable bonds is 7. The molecule has 33 heavy (non-hydrogen) atoms. The molecule has 2 fully saturated rings. The molecule has 0 saturated carbocycles. The molecular formula is C23H30N4O4S2. The van der Waals surface area contributed by atoms with Crippen LogP contribution in [0.15, 0.2) is 53.4 Å². The van der Waals surface area contributed by atoms with Crippen LogP contribution in [-0.4, -0.2) is 59.0 Å². The van der Waals surface area contributed by atoms with E-state index < -0.39 is 10.0 Å². The van der Waals surface area contributed by atoms with Gasteiger partial charge in [0.05, 0.1) is 12.0 Å². The van der Waals surface area contributed by atoms with E-state index in [0.717, 1.165) is 36.6 Å². The summed E-state index contributed by atoms with van der Waals surface area (Å²) in [5.41, 5.74) is 1.90. The Morgan fingerprint density at radius 3 is 2.39 bits per heavy atom. The minimum Gasteiger partial charge on any atom is -0.497 e. The number of sulfonamides is 1. The second-order valence-electron chi connectivity index (χ2n) is 8.26. The van der Waals surface area contributed by atoms with Crippen molar-refractivity contribution in [2.75, 3.05) is 43.6 Å². The summed E-state index contributed by atoms with van der Waals surface area (Å²) in [6.45, 7) is 2.96. The molecule has 3 N–H and O–H groups in total. The van der Waals surface area contributed by atoms with Gasteiger partial charge in [0, 0.05) is 49.8 Å². The molecular weight excluding hydrogens is 460 g/mol. The predicted molar refractivity (Wildman–Crippen MR) is 134 cm³/mol. The second-order valence-corrected chi connectivity index (χ2v) is 10.4. The van der Waals surface area contributed by atoms with Crippen LogP contribution in [0, 0.1) is 0 Å². The third-order valence-electron chi connectivity index (χ3n) is 5.93. The molecule has 0 spiro atoms. The molecule has 1 atom stereocenters. The van der Waals surface area contributed by atoms with E-state index in [1.54, 1.807) is 31.4 Å². The quantitative estimate of drug-likeness (QED) is 0.511. The van der Waals surface area contributed by atoms with Crippen LogP contribution >= 0.6 is 12.2 Å². The summed E-state index contributed by atoms with van der Waals surface area (Å²) in [5, 5.41) is 7.03. The Morgan fingerprint density at radius 2 is 1.73 bits per heavy atom. The van der Waals surface area contributed by atoms with Crippen molar-refractivity contribution in [3.05, 3.63) is 48.5 Å². The van der Waals surface area contributed by atoms with E-state index in [1.165, 1.54) is 0 Å². The molecule has 2 saturated heterocycles. The van der Waals surface area contributed by atoms with E-state index in [1.807, 2.05) is 12.1 Å². The van der Waals surface area contributed by atoms with Crippen LogP contribution in [0.25, 0.3) is 0 Å². The van der Waals surface area contributed by atoms with Crippen LogP contribution in [0.5, 0.6) is 5.75 Å². The predicted octanol–water partition coefficient (Wildman–Crippen LogP) is 2.72. The Labute approximate surface area is 200 Å². The number of hydrogen-bond acceptors (Lipinski definition) is 6. The van der Waals surface area contributed by atoms with Crippen molar-refractivity contribution >= 4 is 38.7 Å². The standard InChI is InChI=1S/C23H30N4O4S2/c1-30-21-6-4-20(5-7-21)27-13-10-19(16-27)25-23(32)24-17-2-8-22(9-3-17)33(28,29)26-18-11-14-31-15-12-18/h2-9,18-19,26H,10-16H2,1H3,(H2,24,25,32). The first-order valence-electron chi connectivity index (χ1n) is 11.1. The number of nitrogens with one attached hydrogen (secondary N) is 3. The van der Waals surface area contributed by atoms with Crippen LogP contribution < -0.4 is 25.0 Å². The van der Waals surface area contributed by atoms with E-state index in [4.69, 9.17) is 21.7 Å². The fraction of sp³-hybridized carbons (Fsp3) is 0.435. The Balaban J connectivity index is 1.27. The summed E-state index contributed by atoms with van der Waals surface area (Å²) in [4.78, 5) is 2.55. The summed E-state index contributed by atoms with van der Waals surface area (Å²) in [5.74, 6) is 0.844. The zero-order valence-electron chi connectivity index (χ0n) is 18.6. The average Bonchev–Trinajstić information content (AvgIpc) is 3.28. The molecule has 4 rings (SSSR count). The fourth-order valence-electron chi connectivity index (χ4n) is 4.08. The van der Waals surface area contributed by atoms with Crippen molar-refractivity contribution in [3.8, 4) is 5.75 Å². The Morgan fingerprint density at radius 1 is 1.03 bits per heavy atom. The van der Waals surface area contributed by atoms with Gasteiger partial charge in [-0.25, -0.2) is 13.1 Å². The van der Waals surface area contributed by atoms with Crippen LogP contribution in [0.3, 0.4) is 0 Å². The minimum absolute atomic E-state index is 0.0813. The number of methoxy groups -OCH3 is 1. The summed E-state index contributed by atoms with van der Waals surface area (Å²) in [7, 11) is -1.89. The Hall–Kier alpha value is -2.40. The van der Waals surface area contributed by atoms with Gasteiger partial charge in [0.15, 0.2) is 5.11 Å². The third kappa shape index (κ3) is 6.35. The van der Waals surface area contributed by atoms with E-state index >= 15 is 0 Å². The molecule has 1 unspecified atom stereocenters. The summed E-state index contributed by atoms with van der Waals surface area (Å²) >= 11 is 5.48. The van der Waals surface area contributed by atoms with E-state index in [2.05, 4.69) is 32.4 Å². The van der Waals surface area contributed by atoms with Gasteiger partial charge in [-0.15, -0.1) is 0 Å². The number of benzene rings is 2. The van der Waals surface area contributed by atoms with Gasteiger partial charge in [0.2, 0.25) is 10.0 Å². The smallest absolute Gasteiger partial charge is 0.240 e. The molecule has 2 aromatic carbocycles. The SMILES string of the molecule is COc1ccc(N2CCC(NC(=S)Nc3ccc(S(=O)(=O)NC4CCOCC4)cc3)C2)cc1. The van der Waals surface area contributed by atoms with Crippen molar-refractivity contribution in [3.63, 3.8) is 0 Å². The van der Waals surface area contributed by atoms with Gasteiger partial charge in [0.25, 0.3) is 0 Å². The van der Waals surface area contributed by atoms with Crippen LogP contribution in [0.1, 0.15) is 19.3 Å². The lowest BCUT2D eigenvalue weighted by atomic mass is 10.1. The monoisotopic (exact) mass is 490 g/mol. The number of thiocarbonyl (C=S) groups is 1. The van der Waals surface area contributed by atoms with Gasteiger partial charge in [-0.3, -0.25) is 0 Å². The lowest BCUT2D eigenvalue weighted by Crippen LogP contribution is -2.39. The lowest BCUT2D eigenvalue weighted by Gasteiger charge is -2.23. The molecule has 2 aromatic rings. The summed E-state index contributed by atoms with van der Waals surface area (Å²) in [6.07, 6.45) is 2.36. The number of anilines is 2. The van der Waals surface area contributed by atoms with Gasteiger partial charge < -0.3 is 25.0 Å². The normalized spacial score (nSPS) is 19.3. The van der Waals surface area contributed by atoms with Gasteiger partial charge in [0.1, 0.15) is 5.75 Å². The van der Waals surface area contributed by atoms with Crippen molar-refractivity contribution in [1.82, 2.24) is 10.0 Å². The van der Waals surface area contributed by atoms with Gasteiger partial charge in [-0.2, -0.15) is 0 Å². The molecule has 2 heterocycles. The molecule has 0 aliphatic carbocycles. The number of nitrogens with zero attached hydrogens (tertiary/aromatic N) is 1. The minimum atomic E-state index is -3.56. The highest BCUT2D eigenvalue weighted by Gasteiger charge is 2.24. The maximum atomic E-state index is 12.6. The molecule has 2 aliphatic heterocycles. The largest absolute Gasteiger partial charge is 0.497 e. The molecule has 0 bridgehead atoms. The highest BCUT2D eigenvalue weighted by atomic mass is 32.2. The lowest BCUT2D eigenvalue weighted by molar-refractivity contribution is 0.0832. The first-order valence-corrected chi connectivity index (χ1v) is 13.0. The van der Waals surface area contributed by atoms with Crippen molar-refractivity contribution in [1.29, 1.82) is 0 Å². The number of ether oxygens (including phenoxy) is 2. The third-order valence-corrected chi connectivity index (χ3v) is 7.68. The Bertz CT molecular complexity index is 1040. The van der Waals surface area contributed by atoms with Crippen molar-refractivity contribution in [2.45, 2.75) is 36.2 Å². The van der Waals surface area contributed by atoms with E-state index in [-0.39, 0.29) is 17.0 Å². The van der Waals surface area contributed by atoms with E-state index in [0.29, 0.717) is 31.2 Å². The first kappa shape index (κ1) is 23.7. The highest BCUT2D eigenvalue weighted by molar-refractivity contribution is 7.89. The zero-order valence-corrected chi connectivity index (χ0v) is 20.3. The van der Waals surface area contributed by atoms with E-state index in [9.17, 15) is 8.42 Å². The van der Waals surface area contributed by atoms with Crippen LogP contribution in [0.4, 0.5) is 11.4 Å². The van der Waals surface area contributed by atoms with Gasteiger partial charge in [-0.05, 0) is 80.0 Å². The molecule has 178 valence electrons. The molecule has 0 aromatic heterocycles. The molecule has 8 nitrogen and oxygen atoms in total. The number of hydrogen-bond donors (Lipinski definition) is 3. The topological polar surface area (TPSA) is 91.9 Å². The van der Waals surface area contributed by atoms with Crippen LogP contribution in [0.2, 0.25) is 0 Å². The Kier molecular flexibility index (Phi) is 7.69.